The summed E-state index contributed by atoms with van der Waals surface area (Å²) in [4.78, 5) is 45.1. The van der Waals surface area contributed by atoms with Crippen LogP contribution in [0.4, 0.5) is 20.5 Å². The Morgan fingerprint density at radius 2 is 1.93 bits per heavy atom. The van der Waals surface area contributed by atoms with Crippen molar-refractivity contribution in [2.24, 2.45) is 0 Å². The first kappa shape index (κ1) is 28.8. The van der Waals surface area contributed by atoms with Gasteiger partial charge < -0.3 is 40.6 Å². The third-order valence-corrected chi connectivity index (χ3v) is 8.35. The molecule has 4 aromatic rings. The molecule has 0 amide bonds. The monoisotopic (exact) mass is 632 g/mol. The van der Waals surface area contributed by atoms with E-state index in [-0.39, 0.29) is 34.1 Å². The maximum Gasteiger partial charge on any atom is 0.325 e. The molecule has 42 heavy (non-hydrogen) atoms. The minimum atomic E-state index is -4.40. The average Bonchev–Trinajstić information content (AvgIpc) is 3.67. The van der Waals surface area contributed by atoms with Crippen molar-refractivity contribution in [1.82, 2.24) is 39.0 Å². The van der Waals surface area contributed by atoms with E-state index in [1.807, 2.05) is 0 Å². The van der Waals surface area contributed by atoms with E-state index in [0.717, 1.165) is 10.9 Å². The lowest BCUT2D eigenvalue weighted by atomic mass is 10.1. The summed E-state index contributed by atoms with van der Waals surface area (Å²) in [5, 5.41) is 20.0. The molecule has 0 radical (unpaired) electrons. The van der Waals surface area contributed by atoms with Crippen molar-refractivity contribution in [3.8, 4) is 0 Å². The number of halogens is 2. The van der Waals surface area contributed by atoms with E-state index in [1.54, 1.807) is 0 Å². The highest BCUT2D eigenvalue weighted by atomic mass is 32.5. The number of fused-ring (bicyclic) bond motifs is 2. The summed E-state index contributed by atoms with van der Waals surface area (Å²) in [6.45, 7) is -5.98. The molecule has 8 N–H and O–H groups in total. The van der Waals surface area contributed by atoms with Crippen LogP contribution in [-0.2, 0) is 30.3 Å². The highest BCUT2D eigenvalue weighted by Gasteiger charge is 2.52. The van der Waals surface area contributed by atoms with Gasteiger partial charge in [0, 0.05) is 0 Å². The zero-order chi connectivity index (χ0) is 30.0. The number of aliphatic hydroxyl groups is 2. The van der Waals surface area contributed by atoms with Gasteiger partial charge in [-0.2, -0.15) is 4.98 Å². The van der Waals surface area contributed by atoms with Gasteiger partial charge in [0.2, 0.25) is 11.8 Å². The number of nitrogens with two attached hydrogens (primary N) is 2. The Morgan fingerprint density at radius 1 is 1.19 bits per heavy atom. The number of H-pyrrole nitrogens is 1. The summed E-state index contributed by atoms with van der Waals surface area (Å²) in [6.07, 6.45) is -6.39. The third kappa shape index (κ3) is 5.01. The summed E-state index contributed by atoms with van der Waals surface area (Å²) in [5.41, 5.74) is 10.9. The van der Waals surface area contributed by atoms with Crippen molar-refractivity contribution in [3.05, 3.63) is 29.3 Å². The fourth-order valence-electron chi connectivity index (χ4n) is 4.78. The van der Waals surface area contributed by atoms with Gasteiger partial charge in [-0.15, -0.1) is 0 Å². The molecule has 226 valence electrons. The molecule has 6 heterocycles. The summed E-state index contributed by atoms with van der Waals surface area (Å²) in [6, 6.07) is 0. The first-order valence-corrected chi connectivity index (χ1v) is 14.8. The molecule has 2 aliphatic rings. The largest absolute Gasteiger partial charge is 0.394 e. The average molecular weight is 633 g/mol. The Hall–Kier alpha value is -3.27. The zero-order valence-corrected chi connectivity index (χ0v) is 22.8. The third-order valence-electron chi connectivity index (χ3n) is 6.79. The van der Waals surface area contributed by atoms with Crippen LogP contribution in [-0.4, -0.2) is 97.7 Å². The molecule has 0 spiro atoms. The van der Waals surface area contributed by atoms with E-state index in [0.29, 0.717) is 0 Å². The first-order chi connectivity index (χ1) is 19.9. The molecule has 2 saturated heterocycles. The van der Waals surface area contributed by atoms with Gasteiger partial charge in [0.1, 0.15) is 36.4 Å². The van der Waals surface area contributed by atoms with Gasteiger partial charge in [-0.05, 0) is 11.8 Å². The maximum atomic E-state index is 15.3. The van der Waals surface area contributed by atoms with Gasteiger partial charge in [-0.3, -0.25) is 23.4 Å². The van der Waals surface area contributed by atoms with Crippen molar-refractivity contribution >= 4 is 52.6 Å². The van der Waals surface area contributed by atoms with Crippen molar-refractivity contribution in [2.45, 2.75) is 49.2 Å². The summed E-state index contributed by atoms with van der Waals surface area (Å²) < 4.78 is 54.8. The molecule has 2 aliphatic heterocycles. The Kier molecular flexibility index (Phi) is 7.19. The Bertz CT molecular complexity index is 1750. The predicted octanol–water partition coefficient (Wildman–Crippen LogP) is -1.08. The highest BCUT2D eigenvalue weighted by molar-refractivity contribution is 8.07. The number of hydrogen-bond donors (Lipinski definition) is 6. The lowest BCUT2D eigenvalue weighted by Crippen LogP contribution is -2.37. The molecule has 18 nitrogen and oxygen atoms in total. The molecule has 0 aromatic carbocycles. The molecule has 1 unspecified atom stereocenters. The molecule has 8 atom stereocenters. The van der Waals surface area contributed by atoms with Crippen LogP contribution >= 0.6 is 6.72 Å². The van der Waals surface area contributed by atoms with Crippen LogP contribution < -0.4 is 17.0 Å². The van der Waals surface area contributed by atoms with E-state index in [9.17, 15) is 19.9 Å². The normalized spacial score (nSPS) is 31.3. The zero-order valence-electron chi connectivity index (χ0n) is 21.1. The number of aliphatic hydroxyl groups excluding tert-OH is 1. The second kappa shape index (κ2) is 10.5. The van der Waals surface area contributed by atoms with Gasteiger partial charge in [0.05, 0.1) is 32.3 Å². The molecule has 0 bridgehead atoms. The number of nitrogen functional groups attached to an aromatic ring is 2. The first-order valence-electron chi connectivity index (χ1n) is 12.2. The Morgan fingerprint density at radius 3 is 2.69 bits per heavy atom. The van der Waals surface area contributed by atoms with Crippen LogP contribution in [0.25, 0.3) is 22.3 Å². The Balaban J connectivity index is 1.19. The van der Waals surface area contributed by atoms with Crippen molar-refractivity contribution in [3.63, 3.8) is 0 Å². The van der Waals surface area contributed by atoms with E-state index < -0.39 is 74.7 Å². The quantitative estimate of drug-likeness (QED) is 0.126. The molecule has 4 aromatic heterocycles. The van der Waals surface area contributed by atoms with E-state index >= 15 is 8.78 Å². The predicted molar refractivity (Wildman–Crippen MR) is 140 cm³/mol. The molecular formula is C20H23F2N10O8PS. The van der Waals surface area contributed by atoms with E-state index in [4.69, 9.17) is 41.8 Å². The number of anilines is 2. The minimum absolute atomic E-state index is 0.0869. The summed E-state index contributed by atoms with van der Waals surface area (Å²) in [7, 11) is 0. The number of aromatic amines is 1. The number of alkyl halides is 2. The molecule has 2 fully saturated rings. The van der Waals surface area contributed by atoms with Gasteiger partial charge >= 0.3 is 6.72 Å². The van der Waals surface area contributed by atoms with Crippen molar-refractivity contribution < 1.29 is 42.4 Å². The number of nitrogens with one attached hydrogen (secondary N) is 1. The smallest absolute Gasteiger partial charge is 0.325 e. The Labute approximate surface area is 237 Å². The van der Waals surface area contributed by atoms with E-state index in [2.05, 4.69) is 29.9 Å². The number of hydrogen-bond acceptors (Lipinski definition) is 15. The van der Waals surface area contributed by atoms with Crippen molar-refractivity contribution in [2.75, 3.05) is 24.7 Å². The van der Waals surface area contributed by atoms with Crippen LogP contribution in [0.2, 0.25) is 0 Å². The number of imidazole rings is 2. The molecule has 0 aliphatic carbocycles. The minimum Gasteiger partial charge on any atom is -0.394 e. The van der Waals surface area contributed by atoms with Gasteiger partial charge in [0.25, 0.3) is 5.56 Å². The lowest BCUT2D eigenvalue weighted by Gasteiger charge is -2.27. The summed E-state index contributed by atoms with van der Waals surface area (Å²) in [5.74, 6) is -3.12. The molecule has 22 heteroatoms. The second-order valence-electron chi connectivity index (χ2n) is 9.49. The van der Waals surface area contributed by atoms with Gasteiger partial charge in [-0.1, -0.05) is 0 Å². The van der Waals surface area contributed by atoms with Crippen molar-refractivity contribution in [1.29, 1.82) is 0 Å². The number of ether oxygens (including phenoxy) is 2. The number of nitrogens with zero attached hydrogens (tertiary/aromatic N) is 7. The highest BCUT2D eigenvalue weighted by Crippen LogP contribution is 2.51. The molecule has 0 saturated carbocycles. The topological polar surface area (TPSA) is 257 Å². The summed E-state index contributed by atoms with van der Waals surface area (Å²) >= 11 is 5.04. The van der Waals surface area contributed by atoms with Crippen LogP contribution in [0, 0.1) is 0 Å². The fourth-order valence-corrected chi connectivity index (χ4v) is 6.18. The van der Waals surface area contributed by atoms with Crippen LogP contribution in [0.5, 0.6) is 0 Å². The van der Waals surface area contributed by atoms with Gasteiger partial charge in [-0.25, -0.2) is 28.7 Å². The van der Waals surface area contributed by atoms with Crippen LogP contribution in [0.15, 0.2) is 23.8 Å². The van der Waals surface area contributed by atoms with Crippen LogP contribution in [0.3, 0.4) is 0 Å². The number of rotatable bonds is 8. The standard InChI is InChI=1S/C20H23F2N10O8PS/c21-10-7(2-33)38-18(32-6-28-12-16(32)29-19(24)30-17(12)34)13(10)40-41(36,42)37-3-8-20(22,35)1-9(39-8)31-5-27-11-14(23)25-4-26-15(11)31/h4-10,13,18,33,35H,1-3H2,(H,36,42)(H2,23,25,26)(H3,24,29,30,34)/t7-,8-,9-,10-,13-,18-,20+,41?/m1/s1. The molecule has 6 rings (SSSR count). The van der Waals surface area contributed by atoms with Gasteiger partial charge in [0.15, 0.2) is 35.0 Å². The second-order valence-corrected chi connectivity index (χ2v) is 12.3. The molecular weight excluding hydrogens is 609 g/mol. The van der Waals surface area contributed by atoms with Crippen LogP contribution in [0.1, 0.15) is 18.9 Å². The maximum absolute atomic E-state index is 15.3. The lowest BCUT2D eigenvalue weighted by molar-refractivity contribution is -0.148. The number of aromatic nitrogens is 8. The fraction of sp³-hybridized carbons (Fsp3) is 0.500. The SMILES string of the molecule is Nc1nc2c(ncn2[C@@H]2O[C@H](CO)[C@@H](F)[C@H]2OP(O)(=S)OC[C@H]2O[C@@H](n3cnc4c(N)ncnc43)C[C@@]2(O)F)c(=O)[nH]1. The van der Waals surface area contributed by atoms with E-state index in [1.165, 1.54) is 17.2 Å².